The summed E-state index contributed by atoms with van der Waals surface area (Å²) >= 11 is 11.7. The van der Waals surface area contributed by atoms with Crippen LogP contribution in [0.2, 0.25) is 10.0 Å². The number of hydrogen-bond donors (Lipinski definition) is 1. The quantitative estimate of drug-likeness (QED) is 0.779. The van der Waals surface area contributed by atoms with Gasteiger partial charge in [-0.25, -0.2) is 8.42 Å². The van der Waals surface area contributed by atoms with E-state index in [-0.39, 0.29) is 11.5 Å². The first-order chi connectivity index (χ1) is 12.2. The van der Waals surface area contributed by atoms with Gasteiger partial charge >= 0.3 is 5.97 Å². The van der Waals surface area contributed by atoms with Crippen LogP contribution >= 0.6 is 23.2 Å². The zero-order valence-electron chi connectivity index (χ0n) is 13.7. The van der Waals surface area contributed by atoms with Crippen LogP contribution in [0.1, 0.15) is 11.5 Å². The normalized spacial score (nSPS) is 25.0. The smallest absolute Gasteiger partial charge is 0.314 e. The fourth-order valence-electron chi connectivity index (χ4n) is 3.50. The summed E-state index contributed by atoms with van der Waals surface area (Å²) in [5, 5.41) is 9.59. The predicted molar refractivity (Wildman–Crippen MR) is 98.6 cm³/mol. The maximum atomic E-state index is 13.2. The standard InChI is InChI=1S/C18H16Cl2O5S/c1-25-10-18(17(21)22)15(11-2-4-12(19)5-3-11)16(18)26(23,24)14-8-6-13(20)7-9-14/h2-9,15-16H,10H2,1H3,(H,21,22)/t15-,16-,18-/m0/s1. The minimum absolute atomic E-state index is 0.0325. The van der Waals surface area contributed by atoms with E-state index < -0.39 is 32.4 Å². The van der Waals surface area contributed by atoms with Gasteiger partial charge < -0.3 is 9.84 Å². The number of benzene rings is 2. The molecule has 26 heavy (non-hydrogen) atoms. The molecule has 0 amide bonds. The molecule has 3 rings (SSSR count). The molecule has 1 saturated carbocycles. The molecule has 2 aromatic carbocycles. The lowest BCUT2D eigenvalue weighted by molar-refractivity contribution is -0.145. The SMILES string of the molecule is COC[C@]1(C(=O)O)[C@@H](c2ccc(Cl)cc2)[C@@H]1S(=O)(=O)c1ccc(Cl)cc1. The van der Waals surface area contributed by atoms with Crippen molar-refractivity contribution in [3.8, 4) is 0 Å². The number of carboxylic acid groups (broad SMARTS) is 1. The van der Waals surface area contributed by atoms with Crippen molar-refractivity contribution in [1.29, 1.82) is 0 Å². The van der Waals surface area contributed by atoms with Crippen LogP contribution in [0.4, 0.5) is 0 Å². The molecule has 138 valence electrons. The Morgan fingerprint density at radius 2 is 1.58 bits per heavy atom. The number of carboxylic acids is 1. The Morgan fingerprint density at radius 1 is 1.08 bits per heavy atom. The molecular weight excluding hydrogens is 399 g/mol. The monoisotopic (exact) mass is 414 g/mol. The molecule has 8 heteroatoms. The third-order valence-corrected chi connectivity index (χ3v) is 7.54. The van der Waals surface area contributed by atoms with E-state index in [0.717, 1.165) is 0 Å². The summed E-state index contributed by atoms with van der Waals surface area (Å²) in [5.74, 6) is -1.94. The molecular formula is C18H16Cl2O5S. The second-order valence-corrected chi connectivity index (χ2v) is 9.17. The summed E-state index contributed by atoms with van der Waals surface area (Å²) in [6.45, 7) is -0.215. The zero-order chi connectivity index (χ0) is 19.1. The number of carbonyl (C=O) groups is 1. The highest BCUT2D eigenvalue weighted by Crippen LogP contribution is 2.64. The highest BCUT2D eigenvalue weighted by Gasteiger charge is 2.76. The fourth-order valence-corrected chi connectivity index (χ4v) is 6.11. The number of rotatable bonds is 6. The largest absolute Gasteiger partial charge is 0.481 e. The molecule has 0 heterocycles. The third kappa shape index (κ3) is 3.01. The molecule has 1 fully saturated rings. The van der Waals surface area contributed by atoms with Crippen molar-refractivity contribution in [2.45, 2.75) is 16.1 Å². The Balaban J connectivity index is 2.11. The molecule has 0 aliphatic heterocycles. The minimum Gasteiger partial charge on any atom is -0.481 e. The van der Waals surface area contributed by atoms with Crippen LogP contribution in [0.3, 0.4) is 0 Å². The number of ether oxygens (including phenoxy) is 1. The maximum absolute atomic E-state index is 13.2. The van der Waals surface area contributed by atoms with Gasteiger partial charge in [0.25, 0.3) is 0 Å². The van der Waals surface area contributed by atoms with Crippen molar-refractivity contribution >= 4 is 39.0 Å². The molecule has 0 aromatic heterocycles. The van der Waals surface area contributed by atoms with Crippen molar-refractivity contribution < 1.29 is 23.1 Å². The molecule has 1 aliphatic rings. The van der Waals surface area contributed by atoms with Crippen LogP contribution in [-0.4, -0.2) is 38.5 Å². The number of hydrogen-bond acceptors (Lipinski definition) is 4. The zero-order valence-corrected chi connectivity index (χ0v) is 16.1. The van der Waals surface area contributed by atoms with Gasteiger partial charge in [-0.15, -0.1) is 0 Å². The van der Waals surface area contributed by atoms with E-state index in [1.165, 1.54) is 31.4 Å². The summed E-state index contributed by atoms with van der Waals surface area (Å²) in [6, 6.07) is 12.2. The van der Waals surface area contributed by atoms with E-state index in [9.17, 15) is 18.3 Å². The molecule has 0 spiro atoms. The lowest BCUT2D eigenvalue weighted by Gasteiger charge is -2.12. The van der Waals surface area contributed by atoms with Crippen LogP contribution in [-0.2, 0) is 19.4 Å². The molecule has 0 unspecified atom stereocenters. The van der Waals surface area contributed by atoms with E-state index in [0.29, 0.717) is 15.6 Å². The third-order valence-electron chi connectivity index (χ3n) is 4.74. The van der Waals surface area contributed by atoms with Gasteiger partial charge in [-0.05, 0) is 42.0 Å². The molecule has 5 nitrogen and oxygen atoms in total. The Hall–Kier alpha value is -1.60. The van der Waals surface area contributed by atoms with Gasteiger partial charge in [0.1, 0.15) is 5.41 Å². The fraction of sp³-hybridized carbons (Fsp3) is 0.278. The molecule has 1 aliphatic carbocycles. The van der Waals surface area contributed by atoms with Gasteiger partial charge in [-0.2, -0.15) is 0 Å². The second kappa shape index (κ2) is 6.85. The van der Waals surface area contributed by atoms with Crippen LogP contribution in [0, 0.1) is 5.41 Å². The minimum atomic E-state index is -3.92. The average molecular weight is 415 g/mol. The molecule has 0 radical (unpaired) electrons. The van der Waals surface area contributed by atoms with Crippen molar-refractivity contribution in [2.24, 2.45) is 5.41 Å². The highest BCUT2D eigenvalue weighted by molar-refractivity contribution is 7.92. The topological polar surface area (TPSA) is 80.7 Å². The summed E-state index contributed by atoms with van der Waals surface area (Å²) in [4.78, 5) is 12.1. The summed E-state index contributed by atoms with van der Waals surface area (Å²) < 4.78 is 31.4. The van der Waals surface area contributed by atoms with Crippen LogP contribution in [0.25, 0.3) is 0 Å². The average Bonchev–Trinajstić information content (AvgIpc) is 3.27. The van der Waals surface area contributed by atoms with Crippen molar-refractivity contribution in [1.82, 2.24) is 0 Å². The van der Waals surface area contributed by atoms with Gasteiger partial charge in [0, 0.05) is 23.1 Å². The van der Waals surface area contributed by atoms with Crippen LogP contribution in [0.5, 0.6) is 0 Å². The van der Waals surface area contributed by atoms with Gasteiger partial charge in [-0.1, -0.05) is 35.3 Å². The molecule has 2 aromatic rings. The van der Waals surface area contributed by atoms with Gasteiger partial charge in [0.2, 0.25) is 0 Å². The summed E-state index contributed by atoms with van der Waals surface area (Å²) in [5.41, 5.74) is -0.961. The number of aliphatic carboxylic acids is 1. The molecule has 1 N–H and O–H groups in total. The second-order valence-electron chi connectivity index (χ2n) is 6.23. The first-order valence-corrected chi connectivity index (χ1v) is 10.0. The Bertz CT molecular complexity index is 925. The Labute approximate surface area is 161 Å². The van der Waals surface area contributed by atoms with E-state index in [2.05, 4.69) is 0 Å². The van der Waals surface area contributed by atoms with E-state index in [1.54, 1.807) is 24.3 Å². The van der Waals surface area contributed by atoms with Gasteiger partial charge in [0.15, 0.2) is 9.84 Å². The van der Waals surface area contributed by atoms with Crippen LogP contribution in [0.15, 0.2) is 53.4 Å². The summed E-state index contributed by atoms with van der Waals surface area (Å²) in [6.07, 6.45) is 0. The first kappa shape index (κ1) is 19.2. The lowest BCUT2D eigenvalue weighted by atomic mass is 10.0. The van der Waals surface area contributed by atoms with Crippen molar-refractivity contribution in [3.05, 3.63) is 64.1 Å². The molecule has 0 saturated heterocycles. The predicted octanol–water partition coefficient (Wildman–Crippen LogP) is 3.65. The van der Waals surface area contributed by atoms with Crippen molar-refractivity contribution in [3.63, 3.8) is 0 Å². The Kier molecular flexibility index (Phi) is 5.05. The Morgan fingerprint density at radius 3 is 2.04 bits per heavy atom. The lowest BCUT2D eigenvalue weighted by Crippen LogP contribution is -2.28. The van der Waals surface area contributed by atoms with Crippen molar-refractivity contribution in [2.75, 3.05) is 13.7 Å². The number of halogens is 2. The van der Waals surface area contributed by atoms with Gasteiger partial charge in [0.05, 0.1) is 16.8 Å². The maximum Gasteiger partial charge on any atom is 0.314 e. The number of sulfone groups is 1. The molecule has 0 bridgehead atoms. The van der Waals surface area contributed by atoms with Gasteiger partial charge in [-0.3, -0.25) is 4.79 Å². The highest BCUT2D eigenvalue weighted by atomic mass is 35.5. The first-order valence-electron chi connectivity index (χ1n) is 7.72. The summed E-state index contributed by atoms with van der Waals surface area (Å²) in [7, 11) is -2.56. The van der Waals surface area contributed by atoms with E-state index >= 15 is 0 Å². The van der Waals surface area contributed by atoms with E-state index in [4.69, 9.17) is 27.9 Å². The molecule has 3 atom stereocenters. The van der Waals surface area contributed by atoms with Crippen LogP contribution < -0.4 is 0 Å². The number of methoxy groups -OCH3 is 1. The van der Waals surface area contributed by atoms with E-state index in [1.807, 2.05) is 0 Å².